The fourth-order valence-corrected chi connectivity index (χ4v) is 1.97. The number of aliphatic carboxylic acids is 1. The van der Waals surface area contributed by atoms with Gasteiger partial charge in [-0.1, -0.05) is 26.0 Å². The Morgan fingerprint density at radius 3 is 2.52 bits per heavy atom. The van der Waals surface area contributed by atoms with Crippen molar-refractivity contribution >= 4 is 22.9 Å². The van der Waals surface area contributed by atoms with Crippen molar-refractivity contribution in [2.45, 2.75) is 13.8 Å². The SMILES string of the molecule is CC(C)C(CNC(=O)c1cnc2ccccc2n1)C(=O)O. The first-order valence-electron chi connectivity index (χ1n) is 6.72. The molecule has 0 saturated carbocycles. The first kappa shape index (κ1) is 14.9. The lowest BCUT2D eigenvalue weighted by Gasteiger charge is -2.16. The van der Waals surface area contributed by atoms with Gasteiger partial charge in [0.1, 0.15) is 5.69 Å². The summed E-state index contributed by atoms with van der Waals surface area (Å²) in [6.07, 6.45) is 1.39. The zero-order valence-corrected chi connectivity index (χ0v) is 11.9. The summed E-state index contributed by atoms with van der Waals surface area (Å²) in [5.74, 6) is -2.03. The van der Waals surface area contributed by atoms with Gasteiger partial charge in [-0.2, -0.15) is 0 Å². The van der Waals surface area contributed by atoms with E-state index >= 15 is 0 Å². The maximum absolute atomic E-state index is 12.0. The fraction of sp³-hybridized carbons (Fsp3) is 0.333. The first-order chi connectivity index (χ1) is 9.99. The highest BCUT2D eigenvalue weighted by Crippen LogP contribution is 2.11. The minimum atomic E-state index is -0.921. The van der Waals surface area contributed by atoms with E-state index in [1.54, 1.807) is 19.9 Å². The van der Waals surface area contributed by atoms with Crippen LogP contribution in [0.15, 0.2) is 30.5 Å². The number of carboxylic acids is 1. The Bertz CT molecular complexity index is 670. The molecule has 2 N–H and O–H groups in total. The van der Waals surface area contributed by atoms with Gasteiger partial charge in [0, 0.05) is 6.54 Å². The second-order valence-corrected chi connectivity index (χ2v) is 5.14. The van der Waals surface area contributed by atoms with Crippen LogP contribution in [0.1, 0.15) is 24.3 Å². The van der Waals surface area contributed by atoms with E-state index in [0.717, 1.165) is 0 Å². The number of hydrogen-bond acceptors (Lipinski definition) is 4. The number of rotatable bonds is 5. The van der Waals surface area contributed by atoms with E-state index in [1.807, 2.05) is 18.2 Å². The maximum atomic E-state index is 12.0. The number of amides is 1. The van der Waals surface area contributed by atoms with Gasteiger partial charge in [0.15, 0.2) is 0 Å². The van der Waals surface area contributed by atoms with Crippen LogP contribution in [-0.2, 0) is 4.79 Å². The van der Waals surface area contributed by atoms with Gasteiger partial charge in [0.2, 0.25) is 0 Å². The molecule has 2 aromatic rings. The molecule has 0 spiro atoms. The largest absolute Gasteiger partial charge is 0.481 e. The third kappa shape index (κ3) is 3.53. The lowest BCUT2D eigenvalue weighted by molar-refractivity contribution is -0.142. The zero-order valence-electron chi connectivity index (χ0n) is 11.9. The molecule has 1 unspecified atom stereocenters. The maximum Gasteiger partial charge on any atom is 0.308 e. The van der Waals surface area contributed by atoms with Crippen molar-refractivity contribution in [1.82, 2.24) is 15.3 Å². The normalized spacial score (nSPS) is 12.3. The Morgan fingerprint density at radius 2 is 1.90 bits per heavy atom. The Labute approximate surface area is 122 Å². The van der Waals surface area contributed by atoms with E-state index < -0.39 is 17.8 Å². The number of aromatic nitrogens is 2. The van der Waals surface area contributed by atoms with Gasteiger partial charge >= 0.3 is 5.97 Å². The highest BCUT2D eigenvalue weighted by Gasteiger charge is 2.22. The van der Waals surface area contributed by atoms with Crippen LogP contribution in [0.3, 0.4) is 0 Å². The Morgan fingerprint density at radius 1 is 1.24 bits per heavy atom. The number of benzene rings is 1. The van der Waals surface area contributed by atoms with Crippen LogP contribution >= 0.6 is 0 Å². The van der Waals surface area contributed by atoms with Crippen LogP contribution in [0.5, 0.6) is 0 Å². The van der Waals surface area contributed by atoms with Crippen LogP contribution in [0, 0.1) is 11.8 Å². The monoisotopic (exact) mass is 287 g/mol. The van der Waals surface area contributed by atoms with E-state index in [4.69, 9.17) is 5.11 Å². The van der Waals surface area contributed by atoms with Crippen LogP contribution < -0.4 is 5.32 Å². The number of carbonyl (C=O) groups is 2. The van der Waals surface area contributed by atoms with Gasteiger partial charge in [-0.05, 0) is 18.1 Å². The van der Waals surface area contributed by atoms with Gasteiger partial charge in [0.25, 0.3) is 5.91 Å². The number of nitrogens with one attached hydrogen (secondary N) is 1. The molecule has 6 heteroatoms. The lowest BCUT2D eigenvalue weighted by Crippen LogP contribution is -2.35. The standard InChI is InChI=1S/C15H17N3O3/c1-9(2)10(15(20)21)7-17-14(19)13-8-16-11-5-3-4-6-12(11)18-13/h3-6,8-10H,7H2,1-2H3,(H,17,19)(H,20,21). The molecule has 1 amide bonds. The molecular weight excluding hydrogens is 270 g/mol. The number of carboxylic acid groups (broad SMARTS) is 1. The number of para-hydroxylation sites is 2. The van der Waals surface area contributed by atoms with Crippen molar-refractivity contribution in [3.63, 3.8) is 0 Å². The van der Waals surface area contributed by atoms with Crippen molar-refractivity contribution in [3.05, 3.63) is 36.2 Å². The molecule has 0 aliphatic carbocycles. The summed E-state index contributed by atoms with van der Waals surface area (Å²) in [5.41, 5.74) is 1.52. The molecule has 0 aliphatic rings. The minimum absolute atomic E-state index is 0.0644. The molecule has 110 valence electrons. The summed E-state index contributed by atoms with van der Waals surface area (Å²) >= 11 is 0. The molecule has 0 radical (unpaired) electrons. The summed E-state index contributed by atoms with van der Waals surface area (Å²) in [5, 5.41) is 11.7. The van der Waals surface area contributed by atoms with Crippen LogP contribution in [0.4, 0.5) is 0 Å². The van der Waals surface area contributed by atoms with E-state index in [0.29, 0.717) is 11.0 Å². The molecule has 1 heterocycles. The smallest absolute Gasteiger partial charge is 0.308 e. The number of hydrogen-bond donors (Lipinski definition) is 2. The second kappa shape index (κ2) is 6.30. The Hall–Kier alpha value is -2.50. The Balaban J connectivity index is 2.10. The lowest BCUT2D eigenvalue weighted by atomic mass is 9.96. The van der Waals surface area contributed by atoms with E-state index in [1.165, 1.54) is 6.20 Å². The first-order valence-corrected chi connectivity index (χ1v) is 6.72. The molecule has 1 aromatic carbocycles. The van der Waals surface area contributed by atoms with Gasteiger partial charge in [0.05, 0.1) is 23.1 Å². The molecule has 6 nitrogen and oxygen atoms in total. The number of nitrogens with zero attached hydrogens (tertiary/aromatic N) is 2. The highest BCUT2D eigenvalue weighted by atomic mass is 16.4. The molecular formula is C15H17N3O3. The molecule has 0 saturated heterocycles. The van der Waals surface area contributed by atoms with Gasteiger partial charge in [-0.25, -0.2) is 4.98 Å². The van der Waals surface area contributed by atoms with Crippen molar-refractivity contribution in [3.8, 4) is 0 Å². The van der Waals surface area contributed by atoms with Gasteiger partial charge in [-0.15, -0.1) is 0 Å². The molecule has 1 atom stereocenters. The average Bonchev–Trinajstić information content (AvgIpc) is 2.46. The van der Waals surface area contributed by atoms with Crippen molar-refractivity contribution in [2.24, 2.45) is 11.8 Å². The predicted molar refractivity (Wildman–Crippen MR) is 77.8 cm³/mol. The number of fused-ring (bicyclic) bond motifs is 1. The third-order valence-electron chi connectivity index (χ3n) is 3.29. The Kier molecular flexibility index (Phi) is 4.47. The molecule has 0 fully saturated rings. The number of carbonyl (C=O) groups excluding carboxylic acids is 1. The van der Waals surface area contributed by atoms with E-state index in [9.17, 15) is 9.59 Å². The van der Waals surface area contributed by atoms with E-state index in [-0.39, 0.29) is 18.2 Å². The zero-order chi connectivity index (χ0) is 15.4. The van der Waals surface area contributed by atoms with Crippen molar-refractivity contribution in [1.29, 1.82) is 0 Å². The van der Waals surface area contributed by atoms with Gasteiger partial charge in [-0.3, -0.25) is 14.6 Å². The topological polar surface area (TPSA) is 92.2 Å². The van der Waals surface area contributed by atoms with Crippen LogP contribution in [0.25, 0.3) is 11.0 Å². The minimum Gasteiger partial charge on any atom is -0.481 e. The average molecular weight is 287 g/mol. The van der Waals surface area contributed by atoms with Crippen LogP contribution in [-0.4, -0.2) is 33.5 Å². The predicted octanol–water partition coefficient (Wildman–Crippen LogP) is 1.72. The van der Waals surface area contributed by atoms with E-state index in [2.05, 4.69) is 15.3 Å². The van der Waals surface area contributed by atoms with Crippen LogP contribution in [0.2, 0.25) is 0 Å². The summed E-state index contributed by atoms with van der Waals surface area (Å²) in [6, 6.07) is 7.24. The second-order valence-electron chi connectivity index (χ2n) is 5.14. The summed E-state index contributed by atoms with van der Waals surface area (Å²) in [6.45, 7) is 3.68. The molecule has 21 heavy (non-hydrogen) atoms. The molecule has 2 rings (SSSR count). The fourth-order valence-electron chi connectivity index (χ4n) is 1.97. The third-order valence-corrected chi connectivity index (χ3v) is 3.29. The molecule has 0 bridgehead atoms. The quantitative estimate of drug-likeness (QED) is 0.873. The van der Waals surface area contributed by atoms with Crippen molar-refractivity contribution in [2.75, 3.05) is 6.54 Å². The summed E-state index contributed by atoms with van der Waals surface area (Å²) in [7, 11) is 0. The molecule has 1 aromatic heterocycles. The van der Waals surface area contributed by atoms with Crippen molar-refractivity contribution < 1.29 is 14.7 Å². The highest BCUT2D eigenvalue weighted by molar-refractivity contribution is 5.93. The summed E-state index contributed by atoms with van der Waals surface area (Å²) in [4.78, 5) is 31.5. The van der Waals surface area contributed by atoms with Gasteiger partial charge < -0.3 is 10.4 Å². The summed E-state index contributed by atoms with van der Waals surface area (Å²) < 4.78 is 0. The molecule has 0 aliphatic heterocycles.